The van der Waals surface area contributed by atoms with E-state index < -0.39 is 4.92 Å². The predicted molar refractivity (Wildman–Crippen MR) is 93.6 cm³/mol. The van der Waals surface area contributed by atoms with Gasteiger partial charge in [0.25, 0.3) is 0 Å². The zero-order valence-electron chi connectivity index (χ0n) is 14.7. The van der Waals surface area contributed by atoms with Crippen LogP contribution in [0.25, 0.3) is 0 Å². The van der Waals surface area contributed by atoms with Crippen LogP contribution in [0.4, 0.5) is 5.69 Å². The van der Waals surface area contributed by atoms with Crippen molar-refractivity contribution in [2.45, 2.75) is 26.4 Å². The lowest BCUT2D eigenvalue weighted by molar-refractivity contribution is -0.385. The van der Waals surface area contributed by atoms with E-state index in [0.717, 1.165) is 11.3 Å². The molecule has 0 spiro atoms. The Bertz CT molecular complexity index is 670. The average molecular weight is 348 g/mol. The quantitative estimate of drug-likeness (QED) is 0.520. The van der Waals surface area contributed by atoms with Gasteiger partial charge in [-0.05, 0) is 29.7 Å². The number of hydrogen-bond donors (Lipinski definition) is 1. The molecule has 0 fully saturated rings. The number of ether oxygens (including phenoxy) is 2. The minimum Gasteiger partial charge on any atom is -0.490 e. The molecule has 0 radical (unpaired) electrons. The Hall–Kier alpha value is -2.38. The zero-order chi connectivity index (χ0) is 18.2. The molecular weight excluding hydrogens is 324 g/mol. The van der Waals surface area contributed by atoms with E-state index in [1.165, 1.54) is 13.2 Å². The highest BCUT2D eigenvalue weighted by molar-refractivity contribution is 5.48. The van der Waals surface area contributed by atoms with Crippen LogP contribution in [0, 0.1) is 16.0 Å². The smallest absolute Gasteiger partial charge is 0.311 e. The second-order valence-corrected chi connectivity index (χ2v) is 6.14. The molecule has 1 atom stereocenters. The maximum Gasteiger partial charge on any atom is 0.311 e. The number of methoxy groups -OCH3 is 1. The monoisotopic (exact) mass is 348 g/mol. The Balaban J connectivity index is 2.04. The van der Waals surface area contributed by atoms with Gasteiger partial charge < -0.3 is 19.2 Å². The molecule has 1 aromatic heterocycles. The summed E-state index contributed by atoms with van der Waals surface area (Å²) in [7, 11) is 1.42. The number of rotatable bonds is 10. The Morgan fingerprint density at radius 3 is 2.68 bits per heavy atom. The Morgan fingerprint density at radius 2 is 2.08 bits per heavy atom. The lowest BCUT2D eigenvalue weighted by Crippen LogP contribution is -2.25. The molecule has 136 valence electrons. The van der Waals surface area contributed by atoms with E-state index in [1.807, 2.05) is 12.1 Å². The summed E-state index contributed by atoms with van der Waals surface area (Å²) >= 11 is 0. The van der Waals surface area contributed by atoms with E-state index in [1.54, 1.807) is 18.4 Å². The highest BCUT2D eigenvalue weighted by atomic mass is 16.6. The topological polar surface area (TPSA) is 86.8 Å². The lowest BCUT2D eigenvalue weighted by Gasteiger charge is -2.18. The van der Waals surface area contributed by atoms with E-state index in [2.05, 4.69) is 19.2 Å². The molecule has 0 aliphatic rings. The van der Waals surface area contributed by atoms with Gasteiger partial charge in [0.1, 0.15) is 5.76 Å². The van der Waals surface area contributed by atoms with Crippen LogP contribution in [-0.4, -0.2) is 25.2 Å². The molecule has 7 nitrogen and oxygen atoms in total. The Kier molecular flexibility index (Phi) is 6.97. The zero-order valence-corrected chi connectivity index (χ0v) is 14.7. The number of nitrogens with one attached hydrogen (secondary N) is 1. The largest absolute Gasteiger partial charge is 0.490 e. The van der Waals surface area contributed by atoms with Gasteiger partial charge >= 0.3 is 5.69 Å². The first-order valence-corrected chi connectivity index (χ1v) is 8.17. The van der Waals surface area contributed by atoms with Crippen molar-refractivity contribution in [1.82, 2.24) is 5.32 Å². The fourth-order valence-corrected chi connectivity index (χ4v) is 2.38. The summed E-state index contributed by atoms with van der Waals surface area (Å²) in [5, 5.41) is 14.5. The minimum atomic E-state index is -0.446. The molecule has 0 bridgehead atoms. The third-order valence-corrected chi connectivity index (χ3v) is 3.61. The third kappa shape index (κ3) is 5.58. The summed E-state index contributed by atoms with van der Waals surface area (Å²) in [5.41, 5.74) is 0.736. The molecule has 0 saturated carbocycles. The van der Waals surface area contributed by atoms with Crippen molar-refractivity contribution in [3.8, 4) is 5.75 Å². The van der Waals surface area contributed by atoms with Gasteiger partial charge in [-0.2, -0.15) is 0 Å². The summed E-state index contributed by atoms with van der Waals surface area (Å²) in [4.78, 5) is 10.7. The Labute approximate surface area is 147 Å². The number of furan rings is 1. The minimum absolute atomic E-state index is 0.0487. The molecule has 1 aromatic carbocycles. The summed E-state index contributed by atoms with van der Waals surface area (Å²) in [5.74, 6) is 1.46. The summed E-state index contributed by atoms with van der Waals surface area (Å²) in [6, 6.07) is 8.49. The van der Waals surface area contributed by atoms with Crippen LogP contribution in [0.2, 0.25) is 0 Å². The van der Waals surface area contributed by atoms with Gasteiger partial charge in [0.05, 0.1) is 30.9 Å². The molecule has 1 heterocycles. The van der Waals surface area contributed by atoms with Crippen molar-refractivity contribution in [1.29, 1.82) is 0 Å². The maximum atomic E-state index is 11.1. The third-order valence-electron chi connectivity index (χ3n) is 3.61. The molecule has 2 rings (SSSR count). The van der Waals surface area contributed by atoms with Crippen molar-refractivity contribution in [2.75, 3.05) is 20.3 Å². The molecule has 2 aromatic rings. The first kappa shape index (κ1) is 19.0. The van der Waals surface area contributed by atoms with Gasteiger partial charge in [-0.3, -0.25) is 10.1 Å². The molecule has 25 heavy (non-hydrogen) atoms. The van der Waals surface area contributed by atoms with Crippen molar-refractivity contribution >= 4 is 5.69 Å². The van der Waals surface area contributed by atoms with Crippen LogP contribution in [0.15, 0.2) is 41.0 Å². The molecule has 0 aliphatic heterocycles. The van der Waals surface area contributed by atoms with Crippen LogP contribution in [0.1, 0.15) is 31.2 Å². The summed E-state index contributed by atoms with van der Waals surface area (Å²) in [6.45, 7) is 5.75. The van der Waals surface area contributed by atoms with Gasteiger partial charge in [0, 0.05) is 19.2 Å². The van der Waals surface area contributed by atoms with Crippen molar-refractivity contribution in [3.05, 3.63) is 58.0 Å². The number of nitro benzene ring substituents is 1. The average Bonchev–Trinajstić information content (AvgIpc) is 3.11. The van der Waals surface area contributed by atoms with Crippen molar-refractivity contribution in [2.24, 2.45) is 5.92 Å². The highest BCUT2D eigenvalue weighted by Gasteiger charge is 2.18. The van der Waals surface area contributed by atoms with Crippen LogP contribution in [0.5, 0.6) is 5.75 Å². The summed E-state index contributed by atoms with van der Waals surface area (Å²) in [6.07, 6.45) is 1.62. The van der Waals surface area contributed by atoms with Crippen LogP contribution < -0.4 is 10.1 Å². The number of nitro groups is 1. The molecular formula is C18H24N2O5. The maximum absolute atomic E-state index is 11.1. The second kappa shape index (κ2) is 9.19. The van der Waals surface area contributed by atoms with Crippen molar-refractivity contribution in [3.63, 3.8) is 0 Å². The molecule has 1 unspecified atom stereocenters. The highest BCUT2D eigenvalue weighted by Crippen LogP contribution is 2.27. The fraction of sp³-hybridized carbons (Fsp3) is 0.444. The van der Waals surface area contributed by atoms with E-state index >= 15 is 0 Å². The normalized spacial score (nSPS) is 12.3. The van der Waals surface area contributed by atoms with Crippen LogP contribution in [0.3, 0.4) is 0 Å². The number of benzene rings is 1. The molecule has 1 N–H and O–H groups in total. The van der Waals surface area contributed by atoms with E-state index in [9.17, 15) is 10.1 Å². The van der Waals surface area contributed by atoms with Gasteiger partial charge in [0.15, 0.2) is 5.75 Å². The Morgan fingerprint density at radius 1 is 1.28 bits per heavy atom. The van der Waals surface area contributed by atoms with Gasteiger partial charge in [0.2, 0.25) is 0 Å². The van der Waals surface area contributed by atoms with Gasteiger partial charge in [-0.15, -0.1) is 0 Å². The van der Waals surface area contributed by atoms with Gasteiger partial charge in [-0.25, -0.2) is 0 Å². The van der Waals surface area contributed by atoms with Gasteiger partial charge in [-0.1, -0.05) is 19.9 Å². The van der Waals surface area contributed by atoms with Crippen LogP contribution >= 0.6 is 0 Å². The first-order chi connectivity index (χ1) is 12.0. The van der Waals surface area contributed by atoms with E-state index in [-0.39, 0.29) is 17.5 Å². The molecule has 0 aliphatic carbocycles. The predicted octanol–water partition coefficient (Wildman–Crippen LogP) is 3.70. The fourth-order valence-electron chi connectivity index (χ4n) is 2.38. The second-order valence-electron chi connectivity index (χ2n) is 6.14. The van der Waals surface area contributed by atoms with E-state index in [4.69, 9.17) is 13.9 Å². The van der Waals surface area contributed by atoms with Crippen LogP contribution in [-0.2, 0) is 11.3 Å². The molecule has 7 heteroatoms. The SMILES string of the molecule is COc1ccc(CNC(COCC(C)C)c2ccco2)cc1[N+](=O)[O-]. The standard InChI is InChI=1S/C18H24N2O5/c1-13(2)11-24-12-15(17-5-4-8-25-17)19-10-14-6-7-18(23-3)16(9-14)20(21)22/h4-9,13,15,19H,10-12H2,1-3H3. The molecule has 0 saturated heterocycles. The lowest BCUT2D eigenvalue weighted by atomic mass is 10.1. The van der Waals surface area contributed by atoms with Crippen molar-refractivity contribution < 1.29 is 18.8 Å². The number of nitrogens with zero attached hydrogens (tertiary/aromatic N) is 1. The molecule has 0 amide bonds. The first-order valence-electron chi connectivity index (χ1n) is 8.17. The number of hydrogen-bond acceptors (Lipinski definition) is 6. The summed E-state index contributed by atoms with van der Waals surface area (Å²) < 4.78 is 16.2. The van der Waals surface area contributed by atoms with E-state index in [0.29, 0.717) is 25.7 Å².